The minimum atomic E-state index is 0.111. The zero-order chi connectivity index (χ0) is 10.7. The van der Waals surface area contributed by atoms with Gasteiger partial charge in [0.25, 0.3) is 0 Å². The van der Waals surface area contributed by atoms with Crippen LogP contribution in [0.25, 0.3) is 6.08 Å². The summed E-state index contributed by atoms with van der Waals surface area (Å²) in [6.07, 6.45) is 4.29. The largest absolute Gasteiger partial charge is 0.364 e. The van der Waals surface area contributed by atoms with Gasteiger partial charge in [-0.15, -0.1) is 0 Å². The molecule has 1 atom stereocenters. The maximum absolute atomic E-state index is 5.58. The van der Waals surface area contributed by atoms with Gasteiger partial charge in [-0.1, -0.05) is 58.4 Å². The molecule has 0 amide bonds. The molecule has 1 heterocycles. The minimum Gasteiger partial charge on any atom is -0.364 e. The first-order valence-electron chi connectivity index (χ1n) is 4.66. The molecule has 78 valence electrons. The summed E-state index contributed by atoms with van der Waals surface area (Å²) < 4.78 is 7.98. The second-order valence-corrected chi connectivity index (χ2v) is 5.37. The molecule has 0 fully saturated rings. The standard InChI is InChI=1S/C12H10BrIO/c13-10-8-15-11(12(10)14)7-6-9-4-2-1-3-5-9/h1-7,11H,8H2/b7-6+. The smallest absolute Gasteiger partial charge is 0.108 e. The average Bonchev–Trinajstić information content (AvgIpc) is 2.59. The molecule has 0 saturated carbocycles. The molecule has 3 heteroatoms. The van der Waals surface area contributed by atoms with Gasteiger partial charge >= 0.3 is 0 Å². The van der Waals surface area contributed by atoms with Gasteiger partial charge in [0.15, 0.2) is 0 Å². The molecule has 1 aromatic rings. The fraction of sp³-hybridized carbons (Fsp3) is 0.167. The molecule has 1 nitrogen and oxygen atoms in total. The Balaban J connectivity index is 2.08. The number of rotatable bonds is 2. The first kappa shape index (κ1) is 11.4. The second-order valence-electron chi connectivity index (χ2n) is 3.25. The van der Waals surface area contributed by atoms with Gasteiger partial charge in [-0.2, -0.15) is 0 Å². The SMILES string of the molecule is BrC1=C(I)C(/C=C/c2ccccc2)OC1. The highest BCUT2D eigenvalue weighted by Gasteiger charge is 2.20. The molecule has 0 radical (unpaired) electrons. The number of benzene rings is 1. The summed E-state index contributed by atoms with van der Waals surface area (Å²) in [7, 11) is 0. The van der Waals surface area contributed by atoms with Gasteiger partial charge in [0.1, 0.15) is 6.10 Å². The highest BCUT2D eigenvalue weighted by atomic mass is 127. The number of hydrogen-bond donors (Lipinski definition) is 0. The predicted molar refractivity (Wildman–Crippen MR) is 75.2 cm³/mol. The summed E-state index contributed by atoms with van der Waals surface area (Å²) in [4.78, 5) is 0. The van der Waals surface area contributed by atoms with Crippen molar-refractivity contribution in [1.82, 2.24) is 0 Å². The van der Waals surface area contributed by atoms with Crippen molar-refractivity contribution < 1.29 is 4.74 Å². The van der Waals surface area contributed by atoms with Crippen LogP contribution in [0.1, 0.15) is 5.56 Å². The van der Waals surface area contributed by atoms with Crippen LogP contribution in [0.2, 0.25) is 0 Å². The first-order chi connectivity index (χ1) is 7.27. The van der Waals surface area contributed by atoms with Crippen LogP contribution in [0, 0.1) is 0 Å². The Morgan fingerprint density at radius 1 is 1.33 bits per heavy atom. The van der Waals surface area contributed by atoms with E-state index in [1.165, 1.54) is 9.14 Å². The maximum Gasteiger partial charge on any atom is 0.108 e. The minimum absolute atomic E-state index is 0.111. The Bertz CT molecular complexity index is 397. The van der Waals surface area contributed by atoms with Crippen LogP contribution in [0.15, 0.2) is 44.5 Å². The monoisotopic (exact) mass is 376 g/mol. The normalized spacial score (nSPS) is 21.6. The van der Waals surface area contributed by atoms with Crippen molar-refractivity contribution in [2.75, 3.05) is 6.61 Å². The van der Waals surface area contributed by atoms with E-state index in [4.69, 9.17) is 4.74 Å². The van der Waals surface area contributed by atoms with Crippen LogP contribution in [-0.2, 0) is 4.74 Å². The van der Waals surface area contributed by atoms with E-state index in [9.17, 15) is 0 Å². The molecule has 0 N–H and O–H groups in total. The Hall–Kier alpha value is -0.130. The van der Waals surface area contributed by atoms with Gasteiger partial charge in [0.2, 0.25) is 0 Å². The summed E-state index contributed by atoms with van der Waals surface area (Å²) >= 11 is 5.80. The third kappa shape index (κ3) is 2.92. The second kappa shape index (κ2) is 5.27. The molecule has 15 heavy (non-hydrogen) atoms. The van der Waals surface area contributed by atoms with Crippen molar-refractivity contribution in [3.05, 3.63) is 50.0 Å². The molecule has 0 aromatic heterocycles. The van der Waals surface area contributed by atoms with Gasteiger partial charge in [-0.3, -0.25) is 0 Å². The average molecular weight is 377 g/mol. The lowest BCUT2D eigenvalue weighted by molar-refractivity contribution is 0.160. The van der Waals surface area contributed by atoms with Crippen molar-refractivity contribution in [2.24, 2.45) is 0 Å². The topological polar surface area (TPSA) is 9.23 Å². The Morgan fingerprint density at radius 2 is 2.07 bits per heavy atom. The van der Waals surface area contributed by atoms with E-state index < -0.39 is 0 Å². The summed E-state index contributed by atoms with van der Waals surface area (Å²) in [5.41, 5.74) is 1.20. The third-order valence-corrected chi connectivity index (χ3v) is 4.82. The number of ether oxygens (including phenoxy) is 1. The summed E-state index contributed by atoms with van der Waals surface area (Å²) in [6, 6.07) is 10.2. The highest BCUT2D eigenvalue weighted by Crippen LogP contribution is 2.31. The van der Waals surface area contributed by atoms with Crippen LogP contribution >= 0.6 is 38.5 Å². The van der Waals surface area contributed by atoms with E-state index >= 15 is 0 Å². The first-order valence-corrected chi connectivity index (χ1v) is 6.53. The van der Waals surface area contributed by atoms with E-state index in [-0.39, 0.29) is 6.10 Å². The van der Waals surface area contributed by atoms with Gasteiger partial charge in [-0.25, -0.2) is 0 Å². The van der Waals surface area contributed by atoms with Crippen LogP contribution in [0.3, 0.4) is 0 Å². The van der Waals surface area contributed by atoms with Crippen LogP contribution in [0.5, 0.6) is 0 Å². The van der Waals surface area contributed by atoms with E-state index in [2.05, 4.69) is 62.8 Å². The quantitative estimate of drug-likeness (QED) is 0.705. The molecule has 1 aromatic carbocycles. The van der Waals surface area contributed by atoms with Crippen molar-refractivity contribution in [3.8, 4) is 0 Å². The molecular formula is C12H10BrIO. The summed E-state index contributed by atoms with van der Waals surface area (Å²) in [6.45, 7) is 0.683. The lowest BCUT2D eigenvalue weighted by Crippen LogP contribution is -2.01. The molecule has 1 aliphatic heterocycles. The van der Waals surface area contributed by atoms with Gasteiger partial charge < -0.3 is 4.74 Å². The zero-order valence-electron chi connectivity index (χ0n) is 7.99. The predicted octanol–water partition coefficient (Wildman–Crippen LogP) is 4.14. The molecule has 0 bridgehead atoms. The number of halogens is 2. The van der Waals surface area contributed by atoms with Gasteiger partial charge in [0, 0.05) is 8.06 Å². The molecule has 0 saturated heterocycles. The van der Waals surface area contributed by atoms with E-state index in [0.717, 1.165) is 4.48 Å². The van der Waals surface area contributed by atoms with Crippen molar-refractivity contribution in [3.63, 3.8) is 0 Å². The Kier molecular flexibility index (Phi) is 3.99. The van der Waals surface area contributed by atoms with Gasteiger partial charge in [-0.05, 0) is 28.2 Å². The number of hydrogen-bond acceptors (Lipinski definition) is 1. The lowest BCUT2D eigenvalue weighted by atomic mass is 10.2. The van der Waals surface area contributed by atoms with E-state index in [0.29, 0.717) is 6.61 Å². The molecule has 0 aliphatic carbocycles. The molecule has 1 unspecified atom stereocenters. The maximum atomic E-state index is 5.58. The van der Waals surface area contributed by atoms with Crippen molar-refractivity contribution in [2.45, 2.75) is 6.10 Å². The fourth-order valence-electron chi connectivity index (χ4n) is 1.36. The van der Waals surface area contributed by atoms with Gasteiger partial charge in [0.05, 0.1) is 6.61 Å². The van der Waals surface area contributed by atoms with Crippen LogP contribution < -0.4 is 0 Å². The zero-order valence-corrected chi connectivity index (χ0v) is 11.7. The summed E-state index contributed by atoms with van der Waals surface area (Å²) in [5, 5.41) is 0. The van der Waals surface area contributed by atoms with E-state index in [1.807, 2.05) is 18.2 Å². The molecule has 2 rings (SSSR count). The van der Waals surface area contributed by atoms with Crippen molar-refractivity contribution in [1.29, 1.82) is 0 Å². The Labute approximate surface area is 111 Å². The fourth-order valence-corrected chi connectivity index (χ4v) is 2.26. The highest BCUT2D eigenvalue weighted by molar-refractivity contribution is 14.1. The van der Waals surface area contributed by atoms with Crippen molar-refractivity contribution >= 4 is 44.6 Å². The third-order valence-electron chi connectivity index (χ3n) is 2.16. The summed E-state index contributed by atoms with van der Waals surface area (Å²) in [5.74, 6) is 0. The molecular weight excluding hydrogens is 367 g/mol. The van der Waals surface area contributed by atoms with Crippen LogP contribution in [0.4, 0.5) is 0 Å². The van der Waals surface area contributed by atoms with E-state index in [1.54, 1.807) is 0 Å². The molecule has 1 aliphatic rings. The Morgan fingerprint density at radius 3 is 2.67 bits per heavy atom. The molecule has 0 spiro atoms. The lowest BCUT2D eigenvalue weighted by Gasteiger charge is -2.03. The van der Waals surface area contributed by atoms with Crippen LogP contribution in [-0.4, -0.2) is 12.7 Å².